The summed E-state index contributed by atoms with van der Waals surface area (Å²) in [6.45, 7) is 4.85. The van der Waals surface area contributed by atoms with E-state index in [4.69, 9.17) is 4.74 Å². The van der Waals surface area contributed by atoms with Crippen molar-refractivity contribution in [1.29, 1.82) is 0 Å². The molecular formula is C17H23N5O4. The molecule has 1 saturated heterocycles. The Balaban J connectivity index is 1.78. The topological polar surface area (TPSA) is 114 Å². The lowest BCUT2D eigenvalue weighted by atomic mass is 9.96. The zero-order valence-electron chi connectivity index (χ0n) is 15.0. The lowest BCUT2D eigenvalue weighted by Gasteiger charge is -2.30. The van der Waals surface area contributed by atoms with Gasteiger partial charge in [-0.2, -0.15) is 5.10 Å². The molecule has 1 aliphatic rings. The van der Waals surface area contributed by atoms with Crippen molar-refractivity contribution >= 4 is 23.5 Å². The average Bonchev–Trinajstić information content (AvgIpc) is 2.67. The molecule has 26 heavy (non-hydrogen) atoms. The number of carbonyl (C=O) groups is 3. The molecule has 2 heterocycles. The smallest absolute Gasteiger partial charge is 0.309 e. The first-order valence-electron chi connectivity index (χ1n) is 8.55. The Morgan fingerprint density at radius 2 is 2.04 bits per heavy atom. The van der Waals surface area contributed by atoms with E-state index in [9.17, 15) is 14.4 Å². The largest absolute Gasteiger partial charge is 0.466 e. The van der Waals surface area contributed by atoms with Crippen molar-refractivity contribution in [3.63, 3.8) is 0 Å². The number of likely N-dealkylation sites (tertiary alicyclic amines) is 1. The minimum atomic E-state index is -0.486. The van der Waals surface area contributed by atoms with E-state index in [1.54, 1.807) is 18.7 Å². The van der Waals surface area contributed by atoms with Gasteiger partial charge >= 0.3 is 5.97 Å². The lowest BCUT2D eigenvalue weighted by molar-refractivity contribution is -0.151. The quantitative estimate of drug-likeness (QED) is 0.455. The van der Waals surface area contributed by atoms with Crippen LogP contribution in [0, 0.1) is 5.92 Å². The summed E-state index contributed by atoms with van der Waals surface area (Å²) in [5.74, 6) is -0.897. The highest BCUT2D eigenvalue weighted by atomic mass is 16.5. The molecule has 0 saturated carbocycles. The van der Waals surface area contributed by atoms with Crippen LogP contribution < -0.4 is 5.43 Å². The molecule has 9 nitrogen and oxygen atoms in total. The van der Waals surface area contributed by atoms with E-state index in [0.29, 0.717) is 38.2 Å². The van der Waals surface area contributed by atoms with Gasteiger partial charge in [0.1, 0.15) is 5.69 Å². The molecule has 1 fully saturated rings. The number of hydrogen-bond acceptors (Lipinski definition) is 7. The van der Waals surface area contributed by atoms with E-state index in [1.165, 1.54) is 18.6 Å². The van der Waals surface area contributed by atoms with Gasteiger partial charge in [0.05, 0.1) is 25.1 Å². The molecule has 1 aliphatic heterocycles. The molecule has 0 radical (unpaired) electrons. The van der Waals surface area contributed by atoms with Crippen LogP contribution in [0.2, 0.25) is 0 Å². The summed E-state index contributed by atoms with van der Waals surface area (Å²) in [4.78, 5) is 45.3. The molecule has 2 amide bonds. The first kappa shape index (κ1) is 19.5. The van der Waals surface area contributed by atoms with Crippen LogP contribution in [0.25, 0.3) is 0 Å². The maximum absolute atomic E-state index is 12.3. The van der Waals surface area contributed by atoms with Gasteiger partial charge in [-0.15, -0.1) is 0 Å². The first-order chi connectivity index (χ1) is 12.5. The van der Waals surface area contributed by atoms with Crippen molar-refractivity contribution < 1.29 is 19.1 Å². The maximum Gasteiger partial charge on any atom is 0.309 e. The second-order valence-corrected chi connectivity index (χ2v) is 5.96. The Morgan fingerprint density at radius 1 is 1.31 bits per heavy atom. The number of aromatic nitrogens is 2. The van der Waals surface area contributed by atoms with Crippen LogP contribution in [0.5, 0.6) is 0 Å². The Kier molecular flexibility index (Phi) is 7.19. The van der Waals surface area contributed by atoms with Gasteiger partial charge in [-0.1, -0.05) is 0 Å². The Labute approximate surface area is 151 Å². The number of nitrogens with zero attached hydrogens (tertiary/aromatic N) is 4. The normalized spacial score (nSPS) is 15.5. The summed E-state index contributed by atoms with van der Waals surface area (Å²) in [5, 5.41) is 3.93. The number of hydrazone groups is 1. The van der Waals surface area contributed by atoms with Gasteiger partial charge in [0.2, 0.25) is 5.91 Å². The molecule has 2 rings (SSSR count). The Bertz CT molecular complexity index is 669. The number of nitrogens with one attached hydrogen (secondary N) is 1. The molecule has 1 aromatic rings. The molecular weight excluding hydrogens is 338 g/mol. The predicted octanol–water partition coefficient (Wildman–Crippen LogP) is 0.774. The highest BCUT2D eigenvalue weighted by Gasteiger charge is 2.28. The fourth-order valence-electron chi connectivity index (χ4n) is 2.61. The molecule has 0 aromatic carbocycles. The molecule has 0 unspecified atom stereocenters. The number of carbonyl (C=O) groups excluding carboxylic acids is 3. The van der Waals surface area contributed by atoms with Gasteiger partial charge in [0.15, 0.2) is 0 Å². The van der Waals surface area contributed by atoms with Crippen LogP contribution in [-0.2, 0) is 14.3 Å². The van der Waals surface area contributed by atoms with Gasteiger partial charge in [-0.3, -0.25) is 19.4 Å². The van der Waals surface area contributed by atoms with Gasteiger partial charge in [-0.25, -0.2) is 10.4 Å². The van der Waals surface area contributed by atoms with Crippen LogP contribution in [-0.4, -0.2) is 58.1 Å². The zero-order chi connectivity index (χ0) is 18.9. The molecule has 0 spiro atoms. The summed E-state index contributed by atoms with van der Waals surface area (Å²) >= 11 is 0. The summed E-state index contributed by atoms with van der Waals surface area (Å²) in [6.07, 6.45) is 5.52. The van der Waals surface area contributed by atoms with Crippen molar-refractivity contribution in [2.24, 2.45) is 11.0 Å². The van der Waals surface area contributed by atoms with Crippen molar-refractivity contribution in [3.8, 4) is 0 Å². The van der Waals surface area contributed by atoms with Gasteiger partial charge in [0, 0.05) is 31.2 Å². The van der Waals surface area contributed by atoms with E-state index in [1.807, 2.05) is 0 Å². The number of amides is 2. The third-order valence-electron chi connectivity index (χ3n) is 4.02. The third kappa shape index (κ3) is 5.61. The fraction of sp³-hybridized carbons (Fsp3) is 0.529. The number of esters is 1. The van der Waals surface area contributed by atoms with Crippen molar-refractivity contribution in [2.45, 2.75) is 33.1 Å². The van der Waals surface area contributed by atoms with Gasteiger partial charge < -0.3 is 9.64 Å². The zero-order valence-corrected chi connectivity index (χ0v) is 15.0. The van der Waals surface area contributed by atoms with Crippen molar-refractivity contribution in [3.05, 3.63) is 24.3 Å². The van der Waals surface area contributed by atoms with E-state index >= 15 is 0 Å². The van der Waals surface area contributed by atoms with Crippen LogP contribution in [0.3, 0.4) is 0 Å². The molecule has 140 valence electrons. The van der Waals surface area contributed by atoms with Gasteiger partial charge in [0.25, 0.3) is 5.91 Å². The minimum Gasteiger partial charge on any atom is -0.466 e. The number of ether oxygens (including phenoxy) is 1. The summed E-state index contributed by atoms with van der Waals surface area (Å²) < 4.78 is 5.02. The van der Waals surface area contributed by atoms with Crippen LogP contribution in [0.4, 0.5) is 0 Å². The van der Waals surface area contributed by atoms with Crippen molar-refractivity contribution in [2.75, 3.05) is 19.7 Å². The summed E-state index contributed by atoms with van der Waals surface area (Å²) in [5.41, 5.74) is 2.99. The molecule has 1 aromatic heterocycles. The second-order valence-electron chi connectivity index (χ2n) is 5.96. The van der Waals surface area contributed by atoms with E-state index < -0.39 is 5.91 Å². The van der Waals surface area contributed by atoms with E-state index in [0.717, 1.165) is 0 Å². The minimum absolute atomic E-state index is 0.0812. The second kappa shape index (κ2) is 9.59. The number of hydrogen-bond donors (Lipinski definition) is 1. The highest BCUT2D eigenvalue weighted by Crippen LogP contribution is 2.19. The lowest BCUT2D eigenvalue weighted by Crippen LogP contribution is -2.41. The van der Waals surface area contributed by atoms with Crippen molar-refractivity contribution in [1.82, 2.24) is 20.3 Å². The predicted molar refractivity (Wildman–Crippen MR) is 93.2 cm³/mol. The molecule has 0 aliphatic carbocycles. The van der Waals surface area contributed by atoms with E-state index in [2.05, 4.69) is 20.5 Å². The third-order valence-corrected chi connectivity index (χ3v) is 4.02. The standard InChI is InChI=1S/C17H23N5O4/c1-3-26-17(25)13-4-8-22(9-5-13)15(23)10-12(2)20-21-16(24)14-11-18-6-7-19-14/h6-7,11,13H,3-5,8-10H2,1-2H3,(H,21,24)/b20-12+. The maximum atomic E-state index is 12.3. The number of piperidine rings is 1. The molecule has 1 N–H and O–H groups in total. The molecule has 0 bridgehead atoms. The molecule has 0 atom stereocenters. The summed E-state index contributed by atoms with van der Waals surface area (Å²) in [6, 6.07) is 0. The average molecular weight is 361 g/mol. The van der Waals surface area contributed by atoms with Crippen LogP contribution in [0.1, 0.15) is 43.6 Å². The number of rotatable bonds is 6. The monoisotopic (exact) mass is 361 g/mol. The first-order valence-corrected chi connectivity index (χ1v) is 8.55. The highest BCUT2D eigenvalue weighted by molar-refractivity contribution is 6.01. The van der Waals surface area contributed by atoms with Crippen LogP contribution in [0.15, 0.2) is 23.7 Å². The molecule has 9 heteroatoms. The fourth-order valence-corrected chi connectivity index (χ4v) is 2.61. The van der Waals surface area contributed by atoms with Crippen LogP contribution >= 0.6 is 0 Å². The van der Waals surface area contributed by atoms with Gasteiger partial charge in [-0.05, 0) is 26.7 Å². The Hall–Kier alpha value is -2.84. The summed E-state index contributed by atoms with van der Waals surface area (Å²) in [7, 11) is 0. The SMILES string of the molecule is CCOC(=O)C1CCN(C(=O)C/C(C)=N/NC(=O)c2cnccn2)CC1. The van der Waals surface area contributed by atoms with E-state index in [-0.39, 0.29) is 29.9 Å². The Morgan fingerprint density at radius 3 is 2.65 bits per heavy atom.